The van der Waals surface area contributed by atoms with Crippen molar-refractivity contribution in [2.75, 3.05) is 13.2 Å². The lowest BCUT2D eigenvalue weighted by atomic mass is 10.2. The van der Waals surface area contributed by atoms with Gasteiger partial charge >= 0.3 is 6.09 Å². The maximum absolute atomic E-state index is 11.1. The van der Waals surface area contributed by atoms with Crippen molar-refractivity contribution in [3.8, 4) is 0 Å². The molecule has 0 rings (SSSR count). The highest BCUT2D eigenvalue weighted by Crippen LogP contribution is 2.36. The van der Waals surface area contributed by atoms with Gasteiger partial charge in [-0.2, -0.15) is 0 Å². The Morgan fingerprint density at radius 3 is 2.33 bits per heavy atom. The van der Waals surface area contributed by atoms with Gasteiger partial charge in [0, 0.05) is 6.54 Å². The van der Waals surface area contributed by atoms with Crippen LogP contribution in [-0.2, 0) is 4.43 Å². The van der Waals surface area contributed by atoms with Gasteiger partial charge in [-0.3, -0.25) is 4.90 Å². The molecule has 0 saturated carbocycles. The number of rotatable bonds is 6. The molecule has 106 valence electrons. The van der Waals surface area contributed by atoms with E-state index in [1.165, 1.54) is 4.90 Å². The monoisotopic (exact) mass is 273 g/mol. The molecule has 0 aromatic carbocycles. The van der Waals surface area contributed by atoms with Crippen LogP contribution in [0, 0.1) is 0 Å². The molecular formula is C13H27NO3Si. The van der Waals surface area contributed by atoms with Gasteiger partial charge in [0.05, 0.1) is 12.6 Å². The third-order valence-electron chi connectivity index (χ3n) is 3.60. The van der Waals surface area contributed by atoms with Crippen molar-refractivity contribution < 1.29 is 14.3 Å². The van der Waals surface area contributed by atoms with Crippen LogP contribution in [0.5, 0.6) is 0 Å². The summed E-state index contributed by atoms with van der Waals surface area (Å²) in [5.41, 5.74) is 0. The van der Waals surface area contributed by atoms with Crippen molar-refractivity contribution in [1.82, 2.24) is 4.90 Å². The maximum atomic E-state index is 11.1. The first-order chi connectivity index (χ1) is 8.03. The molecule has 0 saturated heterocycles. The smallest absolute Gasteiger partial charge is 0.407 e. The van der Waals surface area contributed by atoms with E-state index in [9.17, 15) is 4.79 Å². The number of carbonyl (C=O) groups is 1. The summed E-state index contributed by atoms with van der Waals surface area (Å²) in [7, 11) is -1.82. The number of hydrogen-bond acceptors (Lipinski definition) is 2. The van der Waals surface area contributed by atoms with Gasteiger partial charge in [-0.15, -0.1) is 6.58 Å². The molecule has 0 spiro atoms. The summed E-state index contributed by atoms with van der Waals surface area (Å²) < 4.78 is 6.03. The molecule has 18 heavy (non-hydrogen) atoms. The summed E-state index contributed by atoms with van der Waals surface area (Å²) >= 11 is 0. The molecule has 0 bridgehead atoms. The molecule has 5 heteroatoms. The Labute approximate surface area is 112 Å². The van der Waals surface area contributed by atoms with Crippen LogP contribution in [0.15, 0.2) is 12.7 Å². The van der Waals surface area contributed by atoms with Crippen LogP contribution in [0.25, 0.3) is 0 Å². The predicted octanol–water partition coefficient (Wildman–Crippen LogP) is 3.56. The molecule has 0 fully saturated rings. The third-order valence-corrected chi connectivity index (χ3v) is 8.10. The molecule has 0 aliphatic heterocycles. The molecule has 0 aromatic heterocycles. The van der Waals surface area contributed by atoms with Gasteiger partial charge in [-0.1, -0.05) is 26.8 Å². The average molecular weight is 273 g/mol. The summed E-state index contributed by atoms with van der Waals surface area (Å²) in [5, 5.41) is 9.24. The summed E-state index contributed by atoms with van der Waals surface area (Å²) in [5.74, 6) is 0. The van der Waals surface area contributed by atoms with Crippen molar-refractivity contribution in [3.63, 3.8) is 0 Å². The highest BCUT2D eigenvalue weighted by molar-refractivity contribution is 6.74. The molecule has 1 amide bonds. The van der Waals surface area contributed by atoms with E-state index in [0.717, 1.165) is 0 Å². The van der Waals surface area contributed by atoms with E-state index >= 15 is 0 Å². The molecular weight excluding hydrogens is 246 g/mol. The summed E-state index contributed by atoms with van der Waals surface area (Å²) in [6.07, 6.45) is 0.665. The fourth-order valence-corrected chi connectivity index (χ4v) is 2.31. The summed E-state index contributed by atoms with van der Waals surface area (Å²) in [4.78, 5) is 12.4. The van der Waals surface area contributed by atoms with Crippen LogP contribution in [0.2, 0.25) is 18.1 Å². The van der Waals surface area contributed by atoms with Crippen molar-refractivity contribution in [1.29, 1.82) is 0 Å². The fraction of sp³-hybridized carbons (Fsp3) is 0.769. The van der Waals surface area contributed by atoms with E-state index < -0.39 is 14.4 Å². The highest BCUT2D eigenvalue weighted by Gasteiger charge is 2.37. The number of hydrogen-bond donors (Lipinski definition) is 1. The Bertz CT molecular complexity index is 297. The van der Waals surface area contributed by atoms with Gasteiger partial charge in [0.15, 0.2) is 8.32 Å². The zero-order valence-electron chi connectivity index (χ0n) is 12.5. The molecule has 1 atom stereocenters. The van der Waals surface area contributed by atoms with Crippen LogP contribution in [0.4, 0.5) is 4.79 Å². The topological polar surface area (TPSA) is 49.8 Å². The van der Waals surface area contributed by atoms with Crippen molar-refractivity contribution >= 4 is 14.4 Å². The lowest BCUT2D eigenvalue weighted by Gasteiger charge is -2.38. The van der Waals surface area contributed by atoms with Gasteiger partial charge in [0.2, 0.25) is 0 Å². The first-order valence-corrected chi connectivity index (χ1v) is 9.18. The SMILES string of the molecule is C=CCN(C(=O)O)[C@H](C)CO[Si](C)(C)C(C)(C)C. The lowest BCUT2D eigenvalue weighted by molar-refractivity contribution is 0.113. The van der Waals surface area contributed by atoms with Crippen LogP contribution in [0.3, 0.4) is 0 Å². The van der Waals surface area contributed by atoms with Gasteiger partial charge in [0.1, 0.15) is 0 Å². The Morgan fingerprint density at radius 2 is 2.00 bits per heavy atom. The van der Waals surface area contributed by atoms with Crippen LogP contribution < -0.4 is 0 Å². The number of nitrogens with zero attached hydrogens (tertiary/aromatic N) is 1. The van der Waals surface area contributed by atoms with Crippen LogP contribution in [0.1, 0.15) is 27.7 Å². The Balaban J connectivity index is 4.53. The van der Waals surface area contributed by atoms with Crippen molar-refractivity contribution in [3.05, 3.63) is 12.7 Å². The largest absolute Gasteiger partial charge is 0.465 e. The highest BCUT2D eigenvalue weighted by atomic mass is 28.4. The normalized spacial score (nSPS) is 14.1. The lowest BCUT2D eigenvalue weighted by Crippen LogP contribution is -2.46. The third kappa shape index (κ3) is 4.82. The first kappa shape index (κ1) is 17.2. The predicted molar refractivity (Wildman–Crippen MR) is 77.5 cm³/mol. The zero-order valence-corrected chi connectivity index (χ0v) is 13.5. The molecule has 0 aromatic rings. The van der Waals surface area contributed by atoms with Gasteiger partial charge in [-0.25, -0.2) is 4.79 Å². The summed E-state index contributed by atoms with van der Waals surface area (Å²) in [6, 6.07) is -0.158. The molecule has 0 unspecified atom stereocenters. The Morgan fingerprint density at radius 1 is 1.50 bits per heavy atom. The molecule has 1 N–H and O–H groups in total. The fourth-order valence-electron chi connectivity index (χ4n) is 1.22. The molecule has 0 aliphatic rings. The Hall–Kier alpha value is -0.813. The van der Waals surface area contributed by atoms with E-state index in [2.05, 4.69) is 40.4 Å². The van der Waals surface area contributed by atoms with E-state index in [1.54, 1.807) is 6.08 Å². The van der Waals surface area contributed by atoms with E-state index in [0.29, 0.717) is 13.2 Å². The van der Waals surface area contributed by atoms with Crippen LogP contribution in [-0.4, -0.2) is 43.6 Å². The van der Waals surface area contributed by atoms with Gasteiger partial charge in [-0.05, 0) is 25.1 Å². The molecule has 4 nitrogen and oxygen atoms in total. The van der Waals surface area contributed by atoms with Gasteiger partial charge in [0.25, 0.3) is 0 Å². The van der Waals surface area contributed by atoms with Crippen molar-refractivity contribution in [2.24, 2.45) is 0 Å². The second-order valence-corrected chi connectivity index (χ2v) is 11.0. The minimum atomic E-state index is -1.82. The standard InChI is InChI=1S/C13H27NO3Si/c1-8-9-14(12(15)16)11(2)10-17-18(6,7)13(3,4)5/h8,11H,1,9-10H2,2-7H3,(H,15,16)/t11-/m1/s1. The quantitative estimate of drug-likeness (QED) is 0.594. The minimum Gasteiger partial charge on any atom is -0.465 e. The molecule has 0 aliphatic carbocycles. The second-order valence-electron chi connectivity index (χ2n) is 6.14. The average Bonchev–Trinajstić information content (AvgIpc) is 2.20. The number of amides is 1. The molecule has 0 heterocycles. The zero-order chi connectivity index (χ0) is 14.6. The van der Waals surface area contributed by atoms with Gasteiger partial charge < -0.3 is 9.53 Å². The number of carboxylic acid groups (broad SMARTS) is 1. The second kappa shape index (κ2) is 6.38. The summed E-state index contributed by atoms with van der Waals surface area (Å²) in [6.45, 7) is 17.1. The van der Waals surface area contributed by atoms with E-state index in [-0.39, 0.29) is 11.1 Å². The first-order valence-electron chi connectivity index (χ1n) is 6.27. The minimum absolute atomic E-state index is 0.138. The Kier molecular flexibility index (Phi) is 6.09. The van der Waals surface area contributed by atoms with E-state index in [1.807, 2.05) is 6.92 Å². The van der Waals surface area contributed by atoms with E-state index in [4.69, 9.17) is 9.53 Å². The van der Waals surface area contributed by atoms with Crippen LogP contribution >= 0.6 is 0 Å². The maximum Gasteiger partial charge on any atom is 0.407 e. The molecule has 0 radical (unpaired) electrons. The van der Waals surface area contributed by atoms with Crippen molar-refractivity contribution in [2.45, 2.75) is 51.9 Å².